The summed E-state index contributed by atoms with van der Waals surface area (Å²) in [5.74, 6) is 0.0157. The van der Waals surface area contributed by atoms with Gasteiger partial charge in [0.1, 0.15) is 10.6 Å². The standard InChI is InChI=1S/C19H17N3O3S/c1-13-18(26-12-20-13)19(24)22-15-8-5-9-16(10-15)25-11-17(23)21-14-6-3-2-4-7-14/h2-10,12H,11H2,1H3,(H,21,23)(H,22,24). The quantitative estimate of drug-likeness (QED) is 0.696. The second-order valence-corrected chi connectivity index (χ2v) is 6.31. The van der Waals surface area contributed by atoms with Gasteiger partial charge >= 0.3 is 0 Å². The number of nitrogens with one attached hydrogen (secondary N) is 2. The van der Waals surface area contributed by atoms with Crippen LogP contribution in [0.1, 0.15) is 15.4 Å². The van der Waals surface area contributed by atoms with Crippen molar-refractivity contribution >= 4 is 34.5 Å². The Bertz CT molecular complexity index is 909. The molecule has 3 rings (SSSR count). The Morgan fingerprint density at radius 3 is 2.54 bits per heavy atom. The van der Waals surface area contributed by atoms with Crippen LogP contribution >= 0.6 is 11.3 Å². The van der Waals surface area contributed by atoms with E-state index in [2.05, 4.69) is 15.6 Å². The first-order chi connectivity index (χ1) is 12.6. The molecule has 0 saturated carbocycles. The summed E-state index contributed by atoms with van der Waals surface area (Å²) in [5.41, 5.74) is 3.62. The molecule has 0 unspecified atom stereocenters. The van der Waals surface area contributed by atoms with Crippen molar-refractivity contribution in [1.29, 1.82) is 0 Å². The second-order valence-electron chi connectivity index (χ2n) is 5.45. The van der Waals surface area contributed by atoms with Crippen LogP contribution in [0.2, 0.25) is 0 Å². The first-order valence-corrected chi connectivity index (χ1v) is 8.79. The van der Waals surface area contributed by atoms with E-state index in [9.17, 15) is 9.59 Å². The van der Waals surface area contributed by atoms with Crippen molar-refractivity contribution < 1.29 is 14.3 Å². The molecule has 6 nitrogen and oxygen atoms in total. The molecule has 0 aliphatic carbocycles. The number of para-hydroxylation sites is 1. The van der Waals surface area contributed by atoms with Gasteiger partial charge in [0.25, 0.3) is 11.8 Å². The van der Waals surface area contributed by atoms with Crippen molar-refractivity contribution in [2.45, 2.75) is 6.92 Å². The second kappa shape index (κ2) is 8.26. The maximum absolute atomic E-state index is 12.2. The molecule has 7 heteroatoms. The third-order valence-electron chi connectivity index (χ3n) is 3.47. The van der Waals surface area contributed by atoms with Gasteiger partial charge in [-0.15, -0.1) is 11.3 Å². The normalized spacial score (nSPS) is 10.2. The van der Waals surface area contributed by atoms with Gasteiger partial charge in [-0.05, 0) is 31.2 Å². The lowest BCUT2D eigenvalue weighted by atomic mass is 10.3. The monoisotopic (exact) mass is 367 g/mol. The minimum atomic E-state index is -0.258. The van der Waals surface area contributed by atoms with Crippen LogP contribution in [0.4, 0.5) is 11.4 Å². The zero-order valence-corrected chi connectivity index (χ0v) is 14.9. The van der Waals surface area contributed by atoms with Crippen molar-refractivity contribution in [3.8, 4) is 5.75 Å². The molecule has 132 valence electrons. The lowest BCUT2D eigenvalue weighted by molar-refractivity contribution is -0.118. The number of benzene rings is 2. The van der Waals surface area contributed by atoms with Gasteiger partial charge in [0, 0.05) is 17.4 Å². The zero-order chi connectivity index (χ0) is 18.4. The van der Waals surface area contributed by atoms with Crippen molar-refractivity contribution in [2.75, 3.05) is 17.2 Å². The largest absolute Gasteiger partial charge is 0.484 e. The van der Waals surface area contributed by atoms with Crippen molar-refractivity contribution in [2.24, 2.45) is 0 Å². The van der Waals surface area contributed by atoms with Crippen LogP contribution in [0.25, 0.3) is 0 Å². The molecular weight excluding hydrogens is 350 g/mol. The Kier molecular flexibility index (Phi) is 5.60. The summed E-state index contributed by atoms with van der Waals surface area (Å²) in [7, 11) is 0. The van der Waals surface area contributed by atoms with E-state index >= 15 is 0 Å². The third kappa shape index (κ3) is 4.67. The summed E-state index contributed by atoms with van der Waals surface area (Å²) in [6.07, 6.45) is 0. The number of hydrogen-bond acceptors (Lipinski definition) is 5. The van der Waals surface area contributed by atoms with Crippen molar-refractivity contribution in [3.63, 3.8) is 0 Å². The molecule has 3 aromatic rings. The Morgan fingerprint density at radius 2 is 1.81 bits per heavy atom. The Hall–Kier alpha value is -3.19. The molecule has 26 heavy (non-hydrogen) atoms. The average Bonchev–Trinajstić information content (AvgIpc) is 3.07. The molecule has 0 fully saturated rings. The number of amides is 2. The van der Waals surface area contributed by atoms with E-state index in [-0.39, 0.29) is 18.4 Å². The highest BCUT2D eigenvalue weighted by Crippen LogP contribution is 2.20. The third-order valence-corrected chi connectivity index (χ3v) is 4.40. The summed E-state index contributed by atoms with van der Waals surface area (Å²) >= 11 is 1.29. The highest BCUT2D eigenvalue weighted by atomic mass is 32.1. The summed E-state index contributed by atoms with van der Waals surface area (Å²) in [5, 5.41) is 5.55. The van der Waals surface area contributed by atoms with Gasteiger partial charge in [-0.1, -0.05) is 24.3 Å². The molecule has 2 N–H and O–H groups in total. The first kappa shape index (κ1) is 17.6. The van der Waals surface area contributed by atoms with E-state index in [1.165, 1.54) is 11.3 Å². The van der Waals surface area contributed by atoms with Gasteiger partial charge < -0.3 is 15.4 Å². The molecule has 1 heterocycles. The van der Waals surface area contributed by atoms with Crippen LogP contribution in [0.3, 0.4) is 0 Å². The van der Waals surface area contributed by atoms with Crippen LogP contribution in [0, 0.1) is 6.92 Å². The SMILES string of the molecule is Cc1ncsc1C(=O)Nc1cccc(OCC(=O)Nc2ccccc2)c1. The lowest BCUT2D eigenvalue weighted by Crippen LogP contribution is -2.20. The number of carbonyl (C=O) groups is 2. The van der Waals surface area contributed by atoms with Gasteiger partial charge in [0.15, 0.2) is 6.61 Å². The number of carbonyl (C=O) groups excluding carboxylic acids is 2. The van der Waals surface area contributed by atoms with Crippen LogP contribution in [0.15, 0.2) is 60.1 Å². The molecule has 0 radical (unpaired) electrons. The van der Waals surface area contributed by atoms with E-state index in [1.54, 1.807) is 48.8 Å². The van der Waals surface area contributed by atoms with Gasteiger partial charge in [0.05, 0.1) is 11.2 Å². The van der Waals surface area contributed by atoms with E-state index in [1.807, 2.05) is 18.2 Å². The maximum Gasteiger partial charge on any atom is 0.267 e. The smallest absolute Gasteiger partial charge is 0.267 e. The van der Waals surface area contributed by atoms with E-state index in [0.29, 0.717) is 27.7 Å². The highest BCUT2D eigenvalue weighted by Gasteiger charge is 2.12. The number of aromatic nitrogens is 1. The number of rotatable bonds is 6. The van der Waals surface area contributed by atoms with Crippen molar-refractivity contribution in [1.82, 2.24) is 4.98 Å². The highest BCUT2D eigenvalue weighted by molar-refractivity contribution is 7.12. The van der Waals surface area contributed by atoms with E-state index in [0.717, 1.165) is 0 Å². The Labute approximate surface area is 154 Å². The predicted molar refractivity (Wildman–Crippen MR) is 102 cm³/mol. The fourth-order valence-corrected chi connectivity index (χ4v) is 2.94. The molecule has 0 spiro atoms. The topological polar surface area (TPSA) is 80.3 Å². The Morgan fingerprint density at radius 1 is 1.04 bits per heavy atom. The minimum Gasteiger partial charge on any atom is -0.484 e. The number of anilines is 2. The molecule has 2 amide bonds. The lowest BCUT2D eigenvalue weighted by Gasteiger charge is -2.09. The first-order valence-electron chi connectivity index (χ1n) is 7.91. The number of nitrogens with zero attached hydrogens (tertiary/aromatic N) is 1. The van der Waals surface area contributed by atoms with Crippen LogP contribution in [-0.4, -0.2) is 23.4 Å². The predicted octanol–water partition coefficient (Wildman–Crippen LogP) is 3.72. The summed E-state index contributed by atoms with van der Waals surface area (Å²) < 4.78 is 5.50. The number of ether oxygens (including phenoxy) is 1. The summed E-state index contributed by atoms with van der Waals surface area (Å²) in [4.78, 5) is 28.8. The number of aryl methyl sites for hydroxylation is 1. The van der Waals surface area contributed by atoms with Crippen molar-refractivity contribution in [3.05, 3.63) is 70.7 Å². The number of hydrogen-bond donors (Lipinski definition) is 2. The van der Waals surface area contributed by atoms with Crippen LogP contribution < -0.4 is 15.4 Å². The molecule has 0 aliphatic heterocycles. The molecule has 0 aliphatic rings. The van der Waals surface area contributed by atoms with Gasteiger partial charge in [-0.2, -0.15) is 0 Å². The molecule has 1 aromatic heterocycles. The molecule has 0 saturated heterocycles. The van der Waals surface area contributed by atoms with E-state index < -0.39 is 0 Å². The molecule has 0 bridgehead atoms. The fourth-order valence-electron chi connectivity index (χ4n) is 2.24. The maximum atomic E-state index is 12.2. The van der Waals surface area contributed by atoms with Gasteiger partial charge in [-0.3, -0.25) is 9.59 Å². The molecule has 0 atom stereocenters. The average molecular weight is 367 g/mol. The van der Waals surface area contributed by atoms with Gasteiger partial charge in [-0.25, -0.2) is 4.98 Å². The van der Waals surface area contributed by atoms with E-state index in [4.69, 9.17) is 4.74 Å². The fraction of sp³-hybridized carbons (Fsp3) is 0.105. The van der Waals surface area contributed by atoms with Crippen LogP contribution in [0.5, 0.6) is 5.75 Å². The molecular formula is C19H17N3O3S. The minimum absolute atomic E-state index is 0.125. The number of thiazole rings is 1. The summed E-state index contributed by atoms with van der Waals surface area (Å²) in [6.45, 7) is 1.66. The van der Waals surface area contributed by atoms with Gasteiger partial charge in [0.2, 0.25) is 0 Å². The Balaban J connectivity index is 1.56. The van der Waals surface area contributed by atoms with Crippen LogP contribution in [-0.2, 0) is 4.79 Å². The molecule has 2 aromatic carbocycles. The summed E-state index contributed by atoms with van der Waals surface area (Å²) in [6, 6.07) is 16.1. The zero-order valence-electron chi connectivity index (χ0n) is 14.1.